The highest BCUT2D eigenvalue weighted by Crippen LogP contribution is 2.53. The van der Waals surface area contributed by atoms with Crippen molar-refractivity contribution in [1.29, 1.82) is 0 Å². The number of ether oxygens (including phenoxy) is 1. The van der Waals surface area contributed by atoms with Gasteiger partial charge in [-0.25, -0.2) is 0 Å². The Balaban J connectivity index is 2.29. The molecule has 0 aliphatic heterocycles. The molecule has 132 valence electrons. The van der Waals surface area contributed by atoms with Gasteiger partial charge in [-0.3, -0.25) is 4.79 Å². The highest BCUT2D eigenvalue weighted by molar-refractivity contribution is 6.11. The van der Waals surface area contributed by atoms with E-state index in [0.29, 0.717) is 16.9 Å². The summed E-state index contributed by atoms with van der Waals surface area (Å²) in [4.78, 5) is 13.0. The highest BCUT2D eigenvalue weighted by Gasteiger charge is 2.42. The molecule has 2 aromatic carbocycles. The molecular formula is C22H26O3. The summed E-state index contributed by atoms with van der Waals surface area (Å²) in [5.74, 6) is 0.602. The Labute approximate surface area is 149 Å². The Morgan fingerprint density at radius 2 is 1.56 bits per heavy atom. The molecular weight excluding hydrogens is 312 g/mol. The summed E-state index contributed by atoms with van der Waals surface area (Å²) in [5, 5.41) is 11.1. The first kappa shape index (κ1) is 17.5. The van der Waals surface area contributed by atoms with Crippen molar-refractivity contribution in [3.63, 3.8) is 0 Å². The van der Waals surface area contributed by atoms with Crippen LogP contribution < -0.4 is 4.74 Å². The zero-order valence-electron chi connectivity index (χ0n) is 15.6. The number of benzene rings is 2. The number of hydrogen-bond acceptors (Lipinski definition) is 3. The van der Waals surface area contributed by atoms with Crippen LogP contribution >= 0.6 is 0 Å². The third-order valence-corrected chi connectivity index (χ3v) is 5.49. The molecule has 3 heteroatoms. The van der Waals surface area contributed by atoms with E-state index >= 15 is 0 Å². The second-order valence-electron chi connectivity index (χ2n) is 8.19. The van der Waals surface area contributed by atoms with Crippen LogP contribution in [-0.2, 0) is 10.8 Å². The van der Waals surface area contributed by atoms with Gasteiger partial charge in [0.05, 0.1) is 12.7 Å². The lowest BCUT2D eigenvalue weighted by Crippen LogP contribution is -2.34. The predicted octanol–water partition coefficient (Wildman–Crippen LogP) is 4.98. The molecule has 0 amide bonds. The van der Waals surface area contributed by atoms with Gasteiger partial charge in [0, 0.05) is 16.7 Å². The van der Waals surface area contributed by atoms with Crippen LogP contribution in [0.5, 0.6) is 11.5 Å². The van der Waals surface area contributed by atoms with Gasteiger partial charge in [-0.05, 0) is 29.7 Å². The van der Waals surface area contributed by atoms with E-state index in [0.717, 1.165) is 24.0 Å². The SMILES string of the molecule is COc1cc(C(=O)c2ccccc2)c(O)c2c1C(C)(C)CCC2(C)C. The molecule has 1 N–H and O–H groups in total. The highest BCUT2D eigenvalue weighted by atomic mass is 16.5. The predicted molar refractivity (Wildman–Crippen MR) is 99.8 cm³/mol. The molecule has 1 aliphatic rings. The number of phenolic OH excluding ortho intramolecular Hbond substituents is 1. The average molecular weight is 338 g/mol. The number of methoxy groups -OCH3 is 1. The molecule has 0 bridgehead atoms. The van der Waals surface area contributed by atoms with Crippen molar-refractivity contribution in [2.45, 2.75) is 51.4 Å². The van der Waals surface area contributed by atoms with Crippen LogP contribution in [0.25, 0.3) is 0 Å². The lowest BCUT2D eigenvalue weighted by atomic mass is 9.62. The zero-order chi connectivity index (χ0) is 18.4. The minimum absolute atomic E-state index is 0.0995. The van der Waals surface area contributed by atoms with Crippen LogP contribution in [-0.4, -0.2) is 18.0 Å². The number of aromatic hydroxyl groups is 1. The Kier molecular flexibility index (Phi) is 4.14. The molecule has 0 spiro atoms. The van der Waals surface area contributed by atoms with E-state index in [1.807, 2.05) is 18.2 Å². The summed E-state index contributed by atoms with van der Waals surface area (Å²) in [7, 11) is 1.63. The van der Waals surface area contributed by atoms with Crippen LogP contribution in [0.4, 0.5) is 0 Å². The van der Waals surface area contributed by atoms with Gasteiger partial charge in [0.15, 0.2) is 5.78 Å². The fourth-order valence-electron chi connectivity index (χ4n) is 3.93. The summed E-state index contributed by atoms with van der Waals surface area (Å²) in [6.45, 7) is 8.58. The van der Waals surface area contributed by atoms with Gasteiger partial charge in [0.1, 0.15) is 11.5 Å². The fraction of sp³-hybridized carbons (Fsp3) is 0.409. The summed E-state index contributed by atoms with van der Waals surface area (Å²) in [5.41, 5.74) is 2.42. The number of rotatable bonds is 3. The van der Waals surface area contributed by atoms with E-state index in [1.165, 1.54) is 0 Å². The normalized spacial score (nSPS) is 17.6. The van der Waals surface area contributed by atoms with E-state index < -0.39 is 0 Å². The smallest absolute Gasteiger partial charge is 0.196 e. The van der Waals surface area contributed by atoms with Crippen molar-refractivity contribution in [3.8, 4) is 11.5 Å². The molecule has 3 rings (SSSR count). The van der Waals surface area contributed by atoms with Crippen molar-refractivity contribution in [2.24, 2.45) is 0 Å². The fourth-order valence-corrected chi connectivity index (χ4v) is 3.93. The molecule has 0 saturated carbocycles. The molecule has 0 atom stereocenters. The second kappa shape index (κ2) is 5.91. The van der Waals surface area contributed by atoms with Gasteiger partial charge in [-0.15, -0.1) is 0 Å². The van der Waals surface area contributed by atoms with Crippen molar-refractivity contribution in [1.82, 2.24) is 0 Å². The number of phenols is 1. The summed E-state index contributed by atoms with van der Waals surface area (Å²) in [6.07, 6.45) is 1.96. The first-order valence-electron chi connectivity index (χ1n) is 8.74. The Bertz CT molecular complexity index is 817. The Morgan fingerprint density at radius 3 is 2.12 bits per heavy atom. The van der Waals surface area contributed by atoms with Crippen LogP contribution in [0, 0.1) is 0 Å². The van der Waals surface area contributed by atoms with Gasteiger partial charge >= 0.3 is 0 Å². The maximum absolute atomic E-state index is 13.0. The van der Waals surface area contributed by atoms with E-state index in [-0.39, 0.29) is 22.4 Å². The Hall–Kier alpha value is -2.29. The van der Waals surface area contributed by atoms with Crippen LogP contribution in [0.15, 0.2) is 36.4 Å². The largest absolute Gasteiger partial charge is 0.507 e. The third kappa shape index (κ3) is 2.82. The van der Waals surface area contributed by atoms with Crippen molar-refractivity contribution < 1.29 is 14.6 Å². The van der Waals surface area contributed by atoms with Crippen molar-refractivity contribution >= 4 is 5.78 Å². The molecule has 0 fully saturated rings. The molecule has 25 heavy (non-hydrogen) atoms. The van der Waals surface area contributed by atoms with Crippen molar-refractivity contribution in [3.05, 3.63) is 58.7 Å². The standard InChI is InChI=1S/C22H26O3/c1-21(2)11-12-22(3,4)18-17(21)16(25-5)13-15(20(18)24)19(23)14-9-7-6-8-10-14/h6-10,13,24H,11-12H2,1-5H3. The topological polar surface area (TPSA) is 46.5 Å². The quantitative estimate of drug-likeness (QED) is 0.803. The molecule has 2 aromatic rings. The summed E-state index contributed by atoms with van der Waals surface area (Å²) < 4.78 is 5.66. The van der Waals surface area contributed by atoms with Gasteiger partial charge in [0.25, 0.3) is 0 Å². The van der Waals surface area contributed by atoms with Gasteiger partial charge in [-0.2, -0.15) is 0 Å². The molecule has 1 aliphatic carbocycles. The number of carbonyl (C=O) groups excluding carboxylic acids is 1. The lowest BCUT2D eigenvalue weighted by Gasteiger charge is -2.43. The number of carbonyl (C=O) groups is 1. The van der Waals surface area contributed by atoms with E-state index in [1.54, 1.807) is 25.3 Å². The van der Waals surface area contributed by atoms with Gasteiger partial charge in [0.2, 0.25) is 0 Å². The van der Waals surface area contributed by atoms with Gasteiger partial charge < -0.3 is 9.84 Å². The average Bonchev–Trinajstić information content (AvgIpc) is 2.59. The van der Waals surface area contributed by atoms with Crippen LogP contribution in [0.2, 0.25) is 0 Å². The third-order valence-electron chi connectivity index (χ3n) is 5.49. The number of hydrogen-bond donors (Lipinski definition) is 1. The molecule has 0 aromatic heterocycles. The maximum atomic E-state index is 13.0. The molecule has 0 unspecified atom stereocenters. The minimum atomic E-state index is -0.213. The number of ketones is 1. The lowest BCUT2D eigenvalue weighted by molar-refractivity contribution is 0.103. The second-order valence-corrected chi connectivity index (χ2v) is 8.19. The zero-order valence-corrected chi connectivity index (χ0v) is 15.6. The molecule has 0 heterocycles. The first-order chi connectivity index (χ1) is 11.7. The Morgan fingerprint density at radius 1 is 1.00 bits per heavy atom. The minimum Gasteiger partial charge on any atom is -0.507 e. The molecule has 0 radical (unpaired) electrons. The molecule has 0 saturated heterocycles. The maximum Gasteiger partial charge on any atom is 0.196 e. The molecule has 3 nitrogen and oxygen atoms in total. The number of fused-ring (bicyclic) bond motifs is 1. The summed E-state index contributed by atoms with van der Waals surface area (Å²) in [6, 6.07) is 10.8. The van der Waals surface area contributed by atoms with Crippen LogP contribution in [0.3, 0.4) is 0 Å². The van der Waals surface area contributed by atoms with Crippen molar-refractivity contribution in [2.75, 3.05) is 7.11 Å². The van der Waals surface area contributed by atoms with Crippen LogP contribution in [0.1, 0.15) is 67.6 Å². The first-order valence-corrected chi connectivity index (χ1v) is 8.74. The monoisotopic (exact) mass is 338 g/mol. The van der Waals surface area contributed by atoms with E-state index in [9.17, 15) is 9.90 Å². The van der Waals surface area contributed by atoms with Gasteiger partial charge in [-0.1, -0.05) is 58.0 Å². The summed E-state index contributed by atoms with van der Waals surface area (Å²) >= 11 is 0. The van der Waals surface area contributed by atoms with E-state index in [4.69, 9.17) is 4.74 Å². The van der Waals surface area contributed by atoms with E-state index in [2.05, 4.69) is 27.7 Å².